The fraction of sp³-hybridized carbons (Fsp3) is 0.667. The van der Waals surface area contributed by atoms with Crippen LogP contribution in [0.15, 0.2) is 0 Å². The molecule has 0 radical (unpaired) electrons. The number of nitrogens with one attached hydrogen (secondary N) is 2. The van der Waals surface area contributed by atoms with E-state index in [9.17, 15) is 9.59 Å². The summed E-state index contributed by atoms with van der Waals surface area (Å²) in [6.07, 6.45) is 6.09. The molecular formula is C15H23N5O2. The number of hydrogen-bond donors (Lipinski definition) is 3. The highest BCUT2D eigenvalue weighted by molar-refractivity contribution is 5.80. The monoisotopic (exact) mass is 305 g/mol. The summed E-state index contributed by atoms with van der Waals surface area (Å²) < 4.78 is 0. The Balaban J connectivity index is 1.56. The molecule has 0 bridgehead atoms. The molecule has 3 amide bonds. The maximum absolute atomic E-state index is 12.3. The summed E-state index contributed by atoms with van der Waals surface area (Å²) in [6.45, 7) is 1.52. The Morgan fingerprint density at radius 3 is 2.95 bits per heavy atom. The zero-order chi connectivity index (χ0) is 15.5. The maximum Gasteiger partial charge on any atom is 0.314 e. The number of nitrogens with zero attached hydrogens (tertiary/aromatic N) is 2. The molecule has 1 aliphatic heterocycles. The van der Waals surface area contributed by atoms with Crippen molar-refractivity contribution in [3.05, 3.63) is 17.0 Å². The molecule has 4 N–H and O–H groups in total. The minimum Gasteiger partial charge on any atom is -0.351 e. The summed E-state index contributed by atoms with van der Waals surface area (Å²) in [5.74, 6) is -0.186. The van der Waals surface area contributed by atoms with E-state index in [0.29, 0.717) is 19.6 Å². The van der Waals surface area contributed by atoms with Crippen molar-refractivity contribution in [3.8, 4) is 0 Å². The average Bonchev–Trinajstić information content (AvgIpc) is 2.96. The molecule has 0 saturated carbocycles. The van der Waals surface area contributed by atoms with Gasteiger partial charge in [-0.1, -0.05) is 0 Å². The Labute approximate surface area is 129 Å². The van der Waals surface area contributed by atoms with E-state index in [1.54, 1.807) is 4.90 Å². The first-order valence-corrected chi connectivity index (χ1v) is 8.02. The number of fused-ring (bicyclic) bond motifs is 1. The SMILES string of the molecule is NC(=O)N1CCCC(C(=O)NCc2n[nH]c3c2CCCC3)C1. The number of primary amides is 1. The lowest BCUT2D eigenvalue weighted by Crippen LogP contribution is -2.47. The summed E-state index contributed by atoms with van der Waals surface area (Å²) in [6, 6.07) is -0.445. The number of aromatic amines is 1. The van der Waals surface area contributed by atoms with Crippen molar-refractivity contribution in [2.24, 2.45) is 11.7 Å². The third-order valence-corrected chi connectivity index (χ3v) is 4.68. The molecule has 1 aromatic rings. The number of likely N-dealkylation sites (tertiary alicyclic amines) is 1. The Morgan fingerprint density at radius 1 is 1.32 bits per heavy atom. The number of aryl methyl sites for hydroxylation is 1. The van der Waals surface area contributed by atoms with E-state index in [1.807, 2.05) is 0 Å². The number of hydrogen-bond acceptors (Lipinski definition) is 3. The van der Waals surface area contributed by atoms with Gasteiger partial charge < -0.3 is 16.0 Å². The molecule has 1 unspecified atom stereocenters. The molecule has 0 aromatic carbocycles. The van der Waals surface area contributed by atoms with Gasteiger partial charge in [0.25, 0.3) is 0 Å². The van der Waals surface area contributed by atoms with E-state index in [0.717, 1.165) is 31.4 Å². The molecular weight excluding hydrogens is 282 g/mol. The highest BCUT2D eigenvalue weighted by atomic mass is 16.2. The van der Waals surface area contributed by atoms with E-state index < -0.39 is 6.03 Å². The van der Waals surface area contributed by atoms with E-state index in [2.05, 4.69) is 15.5 Å². The van der Waals surface area contributed by atoms with Gasteiger partial charge in [0.15, 0.2) is 0 Å². The van der Waals surface area contributed by atoms with Crippen LogP contribution in [0, 0.1) is 5.92 Å². The van der Waals surface area contributed by atoms with Gasteiger partial charge in [-0.15, -0.1) is 0 Å². The number of aromatic nitrogens is 2. The van der Waals surface area contributed by atoms with Crippen molar-refractivity contribution in [2.45, 2.75) is 45.1 Å². The third-order valence-electron chi connectivity index (χ3n) is 4.68. The summed E-state index contributed by atoms with van der Waals surface area (Å²) in [5.41, 5.74) is 8.74. The molecule has 1 aliphatic carbocycles. The van der Waals surface area contributed by atoms with Crippen molar-refractivity contribution in [1.82, 2.24) is 20.4 Å². The van der Waals surface area contributed by atoms with Crippen LogP contribution in [0.25, 0.3) is 0 Å². The number of amides is 3. The van der Waals surface area contributed by atoms with Gasteiger partial charge in [0.05, 0.1) is 18.2 Å². The quantitative estimate of drug-likeness (QED) is 0.765. The second-order valence-corrected chi connectivity index (χ2v) is 6.18. The first-order chi connectivity index (χ1) is 10.6. The fourth-order valence-electron chi connectivity index (χ4n) is 3.40. The van der Waals surface area contributed by atoms with Crippen molar-refractivity contribution in [1.29, 1.82) is 0 Å². The molecule has 3 rings (SSSR count). The molecule has 1 aromatic heterocycles. The Hall–Kier alpha value is -2.05. The number of urea groups is 1. The van der Waals surface area contributed by atoms with Crippen LogP contribution in [-0.4, -0.2) is 40.1 Å². The van der Waals surface area contributed by atoms with Crippen molar-refractivity contribution in [3.63, 3.8) is 0 Å². The maximum atomic E-state index is 12.3. The van der Waals surface area contributed by atoms with Crippen LogP contribution in [0.4, 0.5) is 4.79 Å². The second-order valence-electron chi connectivity index (χ2n) is 6.18. The summed E-state index contributed by atoms with van der Waals surface area (Å²) in [7, 11) is 0. The predicted octanol–water partition coefficient (Wildman–Crippen LogP) is 0.695. The molecule has 7 heteroatoms. The van der Waals surface area contributed by atoms with Crippen LogP contribution in [0.3, 0.4) is 0 Å². The molecule has 7 nitrogen and oxygen atoms in total. The van der Waals surface area contributed by atoms with E-state index in [1.165, 1.54) is 24.1 Å². The number of carbonyl (C=O) groups excluding carboxylic acids is 2. The third kappa shape index (κ3) is 3.08. The molecule has 1 atom stereocenters. The normalized spacial score (nSPS) is 21.3. The zero-order valence-corrected chi connectivity index (χ0v) is 12.7. The van der Waals surface area contributed by atoms with Crippen LogP contribution in [0.1, 0.15) is 42.6 Å². The lowest BCUT2D eigenvalue weighted by atomic mass is 9.95. The van der Waals surface area contributed by atoms with Crippen LogP contribution >= 0.6 is 0 Å². The number of carbonyl (C=O) groups is 2. The largest absolute Gasteiger partial charge is 0.351 e. The van der Waals surface area contributed by atoms with Gasteiger partial charge in [0, 0.05) is 18.8 Å². The van der Waals surface area contributed by atoms with Crippen LogP contribution < -0.4 is 11.1 Å². The minimum absolute atomic E-state index is 0.0153. The van der Waals surface area contributed by atoms with E-state index in [-0.39, 0.29) is 11.8 Å². The van der Waals surface area contributed by atoms with Gasteiger partial charge in [-0.3, -0.25) is 9.89 Å². The average molecular weight is 305 g/mol. The molecule has 1 saturated heterocycles. The first kappa shape index (κ1) is 14.9. The molecule has 0 spiro atoms. The summed E-state index contributed by atoms with van der Waals surface area (Å²) in [4.78, 5) is 25.1. The van der Waals surface area contributed by atoms with Crippen LogP contribution in [0.2, 0.25) is 0 Å². The number of nitrogens with two attached hydrogens (primary N) is 1. The molecule has 2 aliphatic rings. The highest BCUT2D eigenvalue weighted by Gasteiger charge is 2.27. The number of rotatable bonds is 3. The molecule has 120 valence electrons. The van der Waals surface area contributed by atoms with E-state index in [4.69, 9.17) is 5.73 Å². The lowest BCUT2D eigenvalue weighted by Gasteiger charge is -2.30. The van der Waals surface area contributed by atoms with Gasteiger partial charge in [0.2, 0.25) is 5.91 Å². The highest BCUT2D eigenvalue weighted by Crippen LogP contribution is 2.22. The number of piperidine rings is 1. The zero-order valence-electron chi connectivity index (χ0n) is 12.7. The molecule has 22 heavy (non-hydrogen) atoms. The Morgan fingerprint density at radius 2 is 2.14 bits per heavy atom. The second kappa shape index (κ2) is 6.37. The lowest BCUT2D eigenvalue weighted by molar-refractivity contribution is -0.126. The van der Waals surface area contributed by atoms with E-state index >= 15 is 0 Å². The first-order valence-electron chi connectivity index (χ1n) is 8.02. The molecule has 1 fully saturated rings. The van der Waals surface area contributed by atoms with Gasteiger partial charge >= 0.3 is 6.03 Å². The topological polar surface area (TPSA) is 104 Å². The van der Waals surface area contributed by atoms with Crippen molar-refractivity contribution >= 4 is 11.9 Å². The summed E-state index contributed by atoms with van der Waals surface area (Å²) >= 11 is 0. The van der Waals surface area contributed by atoms with Crippen molar-refractivity contribution in [2.75, 3.05) is 13.1 Å². The fourth-order valence-corrected chi connectivity index (χ4v) is 3.40. The summed E-state index contributed by atoms with van der Waals surface area (Å²) in [5, 5.41) is 10.4. The van der Waals surface area contributed by atoms with Gasteiger partial charge in [-0.05, 0) is 44.1 Å². The van der Waals surface area contributed by atoms with Gasteiger partial charge in [0.1, 0.15) is 0 Å². The van der Waals surface area contributed by atoms with Gasteiger partial charge in [-0.2, -0.15) is 5.10 Å². The smallest absolute Gasteiger partial charge is 0.314 e. The minimum atomic E-state index is -0.445. The van der Waals surface area contributed by atoms with Crippen LogP contribution in [0.5, 0.6) is 0 Å². The Kier molecular flexibility index (Phi) is 4.31. The predicted molar refractivity (Wildman–Crippen MR) is 81.0 cm³/mol. The van der Waals surface area contributed by atoms with Crippen molar-refractivity contribution < 1.29 is 9.59 Å². The van der Waals surface area contributed by atoms with Gasteiger partial charge in [-0.25, -0.2) is 4.79 Å². The Bertz CT molecular complexity index is 568. The number of H-pyrrole nitrogens is 1. The van der Waals surface area contributed by atoms with Crippen LogP contribution in [-0.2, 0) is 24.2 Å². The molecule has 2 heterocycles. The standard InChI is InChI=1S/C15H23N5O2/c16-15(22)20-7-3-4-10(9-20)14(21)17-8-13-11-5-1-2-6-12(11)18-19-13/h10H,1-9H2,(H2,16,22)(H,17,21)(H,18,19).